The molecular weight excluding hydrogens is 190 g/mol. The first-order valence-electron chi connectivity index (χ1n) is 4.33. The van der Waals surface area contributed by atoms with Gasteiger partial charge in [0.1, 0.15) is 0 Å². The van der Waals surface area contributed by atoms with Crippen molar-refractivity contribution in [2.24, 2.45) is 0 Å². The normalized spacial score (nSPS) is 17.7. The SMILES string of the molecule is C=CCS(=O)(=O)N(CCO)C1CC1. The highest BCUT2D eigenvalue weighted by molar-refractivity contribution is 7.89. The highest BCUT2D eigenvalue weighted by Gasteiger charge is 2.35. The van der Waals surface area contributed by atoms with Gasteiger partial charge in [-0.1, -0.05) is 6.08 Å². The first-order chi connectivity index (χ1) is 6.11. The summed E-state index contributed by atoms with van der Waals surface area (Å²) in [5.41, 5.74) is 0. The van der Waals surface area contributed by atoms with Gasteiger partial charge >= 0.3 is 0 Å². The Morgan fingerprint density at radius 3 is 2.54 bits per heavy atom. The number of hydrogen-bond acceptors (Lipinski definition) is 3. The Labute approximate surface area is 78.9 Å². The molecular formula is C8H15NO3S. The van der Waals surface area contributed by atoms with Gasteiger partial charge in [-0.3, -0.25) is 0 Å². The van der Waals surface area contributed by atoms with Gasteiger partial charge in [0.05, 0.1) is 12.4 Å². The van der Waals surface area contributed by atoms with E-state index in [1.807, 2.05) is 0 Å². The minimum absolute atomic E-state index is 0.0382. The Bertz CT molecular complexity index is 269. The second-order valence-corrected chi connectivity index (χ2v) is 5.10. The number of rotatable bonds is 6. The summed E-state index contributed by atoms with van der Waals surface area (Å²) in [6, 6.07) is 0.122. The molecule has 76 valence electrons. The molecule has 0 heterocycles. The predicted octanol–water partition coefficient (Wildman–Crippen LogP) is -0.0411. The summed E-state index contributed by atoms with van der Waals surface area (Å²) in [4.78, 5) is 0. The molecule has 1 aliphatic rings. The Morgan fingerprint density at radius 2 is 2.15 bits per heavy atom. The summed E-state index contributed by atoms with van der Waals surface area (Å²) in [5.74, 6) is -0.0382. The summed E-state index contributed by atoms with van der Waals surface area (Å²) in [7, 11) is -3.22. The molecule has 13 heavy (non-hydrogen) atoms. The average molecular weight is 205 g/mol. The Balaban J connectivity index is 2.67. The summed E-state index contributed by atoms with van der Waals surface area (Å²) < 4.78 is 24.5. The molecule has 4 nitrogen and oxygen atoms in total. The van der Waals surface area contributed by atoms with Crippen LogP contribution in [0.2, 0.25) is 0 Å². The number of aliphatic hydroxyl groups is 1. The first-order valence-corrected chi connectivity index (χ1v) is 5.94. The second kappa shape index (κ2) is 4.21. The zero-order valence-corrected chi connectivity index (χ0v) is 8.33. The maximum atomic E-state index is 11.5. The van der Waals surface area contributed by atoms with Gasteiger partial charge in [0.25, 0.3) is 0 Å². The van der Waals surface area contributed by atoms with Crippen LogP contribution in [0, 0.1) is 0 Å². The molecule has 0 unspecified atom stereocenters. The smallest absolute Gasteiger partial charge is 0.217 e. The maximum absolute atomic E-state index is 11.5. The Morgan fingerprint density at radius 1 is 1.54 bits per heavy atom. The zero-order valence-electron chi connectivity index (χ0n) is 7.52. The molecule has 0 spiro atoms. The molecule has 1 saturated carbocycles. The second-order valence-electron chi connectivity index (χ2n) is 3.13. The van der Waals surface area contributed by atoms with Crippen LogP contribution >= 0.6 is 0 Å². The third-order valence-electron chi connectivity index (χ3n) is 1.96. The lowest BCUT2D eigenvalue weighted by Gasteiger charge is -2.19. The van der Waals surface area contributed by atoms with Crippen LogP contribution in [-0.4, -0.2) is 42.8 Å². The fourth-order valence-electron chi connectivity index (χ4n) is 1.25. The molecule has 0 amide bonds. The molecule has 5 heteroatoms. The summed E-state index contributed by atoms with van der Waals surface area (Å²) in [6.07, 6.45) is 3.20. The van der Waals surface area contributed by atoms with E-state index in [2.05, 4.69) is 6.58 Å². The lowest BCUT2D eigenvalue weighted by Crippen LogP contribution is -2.36. The van der Waals surface area contributed by atoms with E-state index in [1.165, 1.54) is 10.4 Å². The van der Waals surface area contributed by atoms with Crippen LogP contribution in [0.5, 0.6) is 0 Å². The summed E-state index contributed by atoms with van der Waals surface area (Å²) in [5, 5.41) is 8.71. The highest BCUT2D eigenvalue weighted by Crippen LogP contribution is 2.28. The van der Waals surface area contributed by atoms with Crippen molar-refractivity contribution in [1.82, 2.24) is 4.31 Å². The Kier molecular flexibility index (Phi) is 3.47. The van der Waals surface area contributed by atoms with Crippen molar-refractivity contribution in [3.8, 4) is 0 Å². The summed E-state index contributed by atoms with van der Waals surface area (Å²) in [6.45, 7) is 3.49. The largest absolute Gasteiger partial charge is 0.395 e. The van der Waals surface area contributed by atoms with E-state index in [4.69, 9.17) is 5.11 Å². The minimum Gasteiger partial charge on any atom is -0.395 e. The molecule has 0 aromatic rings. The van der Waals surface area contributed by atoms with Gasteiger partial charge in [-0.15, -0.1) is 6.58 Å². The van der Waals surface area contributed by atoms with E-state index in [0.29, 0.717) is 0 Å². The highest BCUT2D eigenvalue weighted by atomic mass is 32.2. The molecule has 0 aromatic carbocycles. The number of sulfonamides is 1. The quantitative estimate of drug-likeness (QED) is 0.619. The van der Waals surface area contributed by atoms with Crippen molar-refractivity contribution in [1.29, 1.82) is 0 Å². The zero-order chi connectivity index (χ0) is 9.90. The molecule has 0 bridgehead atoms. The van der Waals surface area contributed by atoms with Gasteiger partial charge in [-0.05, 0) is 12.8 Å². The Hall–Kier alpha value is -0.390. The number of nitrogens with zero attached hydrogens (tertiary/aromatic N) is 1. The number of hydrogen-bond donors (Lipinski definition) is 1. The molecule has 0 aliphatic heterocycles. The molecule has 0 aromatic heterocycles. The van der Waals surface area contributed by atoms with E-state index < -0.39 is 10.0 Å². The minimum atomic E-state index is -3.22. The molecule has 0 saturated heterocycles. The third-order valence-corrected chi connectivity index (χ3v) is 3.81. The fourth-order valence-corrected chi connectivity index (χ4v) is 2.77. The monoisotopic (exact) mass is 205 g/mol. The maximum Gasteiger partial charge on any atom is 0.217 e. The van der Waals surface area contributed by atoms with Crippen molar-refractivity contribution in [2.45, 2.75) is 18.9 Å². The first kappa shape index (κ1) is 10.7. The van der Waals surface area contributed by atoms with Crippen LogP contribution < -0.4 is 0 Å². The van der Waals surface area contributed by atoms with Gasteiger partial charge in [0, 0.05) is 12.6 Å². The van der Waals surface area contributed by atoms with Crippen LogP contribution in [0.15, 0.2) is 12.7 Å². The number of aliphatic hydroxyl groups excluding tert-OH is 1. The van der Waals surface area contributed by atoms with Gasteiger partial charge in [0.2, 0.25) is 10.0 Å². The van der Waals surface area contributed by atoms with Gasteiger partial charge in [-0.25, -0.2) is 8.42 Å². The van der Waals surface area contributed by atoms with Crippen molar-refractivity contribution in [3.05, 3.63) is 12.7 Å². The van der Waals surface area contributed by atoms with E-state index in [9.17, 15) is 8.42 Å². The van der Waals surface area contributed by atoms with Crippen LogP contribution in [0.4, 0.5) is 0 Å². The van der Waals surface area contributed by atoms with Crippen LogP contribution in [0.1, 0.15) is 12.8 Å². The van der Waals surface area contributed by atoms with Crippen LogP contribution in [0.25, 0.3) is 0 Å². The van der Waals surface area contributed by atoms with Crippen molar-refractivity contribution in [3.63, 3.8) is 0 Å². The van der Waals surface area contributed by atoms with Crippen LogP contribution in [-0.2, 0) is 10.0 Å². The van der Waals surface area contributed by atoms with E-state index in [1.54, 1.807) is 0 Å². The molecule has 1 aliphatic carbocycles. The topological polar surface area (TPSA) is 57.6 Å². The van der Waals surface area contributed by atoms with Crippen molar-refractivity contribution >= 4 is 10.0 Å². The van der Waals surface area contributed by atoms with Crippen LogP contribution in [0.3, 0.4) is 0 Å². The molecule has 0 atom stereocenters. The molecule has 0 radical (unpaired) electrons. The van der Waals surface area contributed by atoms with Crippen molar-refractivity contribution in [2.75, 3.05) is 18.9 Å². The lowest BCUT2D eigenvalue weighted by atomic mass is 10.6. The van der Waals surface area contributed by atoms with E-state index in [0.717, 1.165) is 12.8 Å². The predicted molar refractivity (Wildman–Crippen MR) is 50.8 cm³/mol. The van der Waals surface area contributed by atoms with Gasteiger partial charge in [-0.2, -0.15) is 4.31 Å². The van der Waals surface area contributed by atoms with Crippen molar-refractivity contribution < 1.29 is 13.5 Å². The standard InChI is InChI=1S/C8H15NO3S/c1-2-7-13(11,12)9(5-6-10)8-3-4-8/h2,8,10H,1,3-7H2. The van der Waals surface area contributed by atoms with Gasteiger partial charge in [0.15, 0.2) is 0 Å². The third kappa shape index (κ3) is 2.79. The summed E-state index contributed by atoms with van der Waals surface area (Å²) >= 11 is 0. The van der Waals surface area contributed by atoms with E-state index >= 15 is 0 Å². The van der Waals surface area contributed by atoms with E-state index in [-0.39, 0.29) is 24.9 Å². The molecule has 1 rings (SSSR count). The average Bonchev–Trinajstić information content (AvgIpc) is 2.82. The molecule has 1 N–H and O–H groups in total. The fraction of sp³-hybridized carbons (Fsp3) is 0.750. The lowest BCUT2D eigenvalue weighted by molar-refractivity contribution is 0.251. The molecule has 1 fully saturated rings. The van der Waals surface area contributed by atoms with Gasteiger partial charge < -0.3 is 5.11 Å².